The Balaban J connectivity index is 1.73. The standard InChI is InChI=1S/C13H16N2O2S2/c1-9-4-6-19-12(9)11(16)8-15-13(17)14-7-10-3-2-5-18-10/h2-6,11,16H,7-8H2,1H3,(H2,14,15,17)/t11-/m1/s1. The summed E-state index contributed by atoms with van der Waals surface area (Å²) < 4.78 is 0. The number of hydrogen-bond donors (Lipinski definition) is 3. The molecule has 0 aliphatic carbocycles. The number of aryl methyl sites for hydroxylation is 1. The number of aliphatic hydroxyl groups excluding tert-OH is 1. The topological polar surface area (TPSA) is 61.4 Å². The molecule has 4 nitrogen and oxygen atoms in total. The van der Waals surface area contributed by atoms with E-state index < -0.39 is 6.10 Å². The Bertz CT molecular complexity index is 522. The lowest BCUT2D eigenvalue weighted by molar-refractivity contribution is 0.176. The molecule has 0 saturated carbocycles. The Hall–Kier alpha value is -1.37. The third-order valence-electron chi connectivity index (χ3n) is 2.66. The van der Waals surface area contributed by atoms with Crippen LogP contribution < -0.4 is 10.6 Å². The first-order valence-electron chi connectivity index (χ1n) is 5.93. The summed E-state index contributed by atoms with van der Waals surface area (Å²) in [6.07, 6.45) is -0.646. The van der Waals surface area contributed by atoms with Crippen molar-refractivity contribution < 1.29 is 9.90 Å². The van der Waals surface area contributed by atoms with Gasteiger partial charge in [-0.3, -0.25) is 0 Å². The molecule has 6 heteroatoms. The van der Waals surface area contributed by atoms with Gasteiger partial charge in [0, 0.05) is 9.75 Å². The molecule has 0 radical (unpaired) electrons. The summed E-state index contributed by atoms with van der Waals surface area (Å²) in [5.74, 6) is 0. The van der Waals surface area contributed by atoms with Crippen molar-refractivity contribution in [2.45, 2.75) is 19.6 Å². The lowest BCUT2D eigenvalue weighted by atomic mass is 10.2. The van der Waals surface area contributed by atoms with Crippen molar-refractivity contribution in [3.63, 3.8) is 0 Å². The molecule has 2 amide bonds. The van der Waals surface area contributed by atoms with Gasteiger partial charge in [0.25, 0.3) is 0 Å². The molecule has 2 heterocycles. The van der Waals surface area contributed by atoms with Crippen LogP contribution in [0.2, 0.25) is 0 Å². The van der Waals surface area contributed by atoms with Gasteiger partial charge in [-0.2, -0.15) is 0 Å². The first-order valence-corrected chi connectivity index (χ1v) is 7.69. The van der Waals surface area contributed by atoms with Gasteiger partial charge < -0.3 is 15.7 Å². The molecule has 1 atom stereocenters. The fourth-order valence-corrected chi connectivity index (χ4v) is 3.21. The first-order chi connectivity index (χ1) is 9.16. The van der Waals surface area contributed by atoms with E-state index in [1.807, 2.05) is 35.9 Å². The van der Waals surface area contributed by atoms with Crippen molar-refractivity contribution in [2.75, 3.05) is 6.54 Å². The number of amides is 2. The summed E-state index contributed by atoms with van der Waals surface area (Å²) in [6.45, 7) is 2.68. The summed E-state index contributed by atoms with van der Waals surface area (Å²) in [6, 6.07) is 5.61. The second kappa shape index (κ2) is 6.70. The van der Waals surface area contributed by atoms with E-state index in [0.29, 0.717) is 6.54 Å². The fourth-order valence-electron chi connectivity index (χ4n) is 1.65. The van der Waals surface area contributed by atoms with Gasteiger partial charge in [0.15, 0.2) is 0 Å². The lowest BCUT2D eigenvalue weighted by Gasteiger charge is -2.12. The number of thiophene rings is 2. The zero-order valence-corrected chi connectivity index (χ0v) is 12.2. The third kappa shape index (κ3) is 4.05. The fraction of sp³-hybridized carbons (Fsp3) is 0.308. The maximum Gasteiger partial charge on any atom is 0.315 e. The normalized spacial score (nSPS) is 12.1. The number of urea groups is 1. The highest BCUT2D eigenvalue weighted by Crippen LogP contribution is 2.22. The lowest BCUT2D eigenvalue weighted by Crippen LogP contribution is -2.37. The zero-order valence-electron chi connectivity index (χ0n) is 10.6. The van der Waals surface area contributed by atoms with Crippen molar-refractivity contribution in [3.05, 3.63) is 44.3 Å². The van der Waals surface area contributed by atoms with E-state index in [1.54, 1.807) is 11.3 Å². The number of aliphatic hydroxyl groups is 1. The highest BCUT2D eigenvalue weighted by molar-refractivity contribution is 7.10. The van der Waals surface area contributed by atoms with Crippen LogP contribution >= 0.6 is 22.7 Å². The molecule has 0 bridgehead atoms. The van der Waals surface area contributed by atoms with Gasteiger partial charge >= 0.3 is 6.03 Å². The summed E-state index contributed by atoms with van der Waals surface area (Å²) in [4.78, 5) is 13.6. The number of nitrogens with one attached hydrogen (secondary N) is 2. The van der Waals surface area contributed by atoms with Gasteiger partial charge in [-0.15, -0.1) is 22.7 Å². The van der Waals surface area contributed by atoms with Crippen LogP contribution in [-0.2, 0) is 6.54 Å². The zero-order chi connectivity index (χ0) is 13.7. The number of carbonyl (C=O) groups is 1. The minimum atomic E-state index is -0.646. The van der Waals surface area contributed by atoms with Crippen molar-refractivity contribution in [1.82, 2.24) is 10.6 Å². The highest BCUT2D eigenvalue weighted by atomic mass is 32.1. The first kappa shape index (κ1) is 14.0. The second-order valence-electron chi connectivity index (χ2n) is 4.13. The minimum absolute atomic E-state index is 0.220. The molecule has 0 aliphatic rings. The van der Waals surface area contributed by atoms with E-state index in [2.05, 4.69) is 10.6 Å². The van der Waals surface area contributed by atoms with E-state index in [9.17, 15) is 9.90 Å². The Morgan fingerprint density at radius 1 is 1.32 bits per heavy atom. The number of carbonyl (C=O) groups excluding carboxylic acids is 1. The third-order valence-corrected chi connectivity index (χ3v) is 4.66. The SMILES string of the molecule is Cc1ccsc1[C@H](O)CNC(=O)NCc1cccs1. The second-order valence-corrected chi connectivity index (χ2v) is 6.11. The van der Waals surface area contributed by atoms with Crippen LogP contribution in [0.15, 0.2) is 29.0 Å². The largest absolute Gasteiger partial charge is 0.386 e. The van der Waals surface area contributed by atoms with E-state index in [1.165, 1.54) is 11.3 Å². The van der Waals surface area contributed by atoms with Crippen molar-refractivity contribution in [1.29, 1.82) is 0 Å². The Morgan fingerprint density at radius 3 is 2.79 bits per heavy atom. The van der Waals surface area contributed by atoms with Crippen molar-refractivity contribution in [3.8, 4) is 0 Å². The monoisotopic (exact) mass is 296 g/mol. The molecule has 0 unspecified atom stereocenters. The smallest absolute Gasteiger partial charge is 0.315 e. The predicted octanol–water partition coefficient (Wildman–Crippen LogP) is 2.65. The van der Waals surface area contributed by atoms with E-state index in [4.69, 9.17) is 0 Å². The number of rotatable bonds is 5. The van der Waals surface area contributed by atoms with E-state index in [0.717, 1.165) is 15.3 Å². The highest BCUT2D eigenvalue weighted by Gasteiger charge is 2.12. The summed E-state index contributed by atoms with van der Waals surface area (Å²) in [7, 11) is 0. The molecular formula is C13H16N2O2S2. The van der Waals surface area contributed by atoms with Crippen molar-refractivity contribution in [2.24, 2.45) is 0 Å². The van der Waals surface area contributed by atoms with E-state index in [-0.39, 0.29) is 12.6 Å². The van der Waals surface area contributed by atoms with Crippen LogP contribution in [0, 0.1) is 6.92 Å². The molecule has 3 N–H and O–H groups in total. The number of hydrogen-bond acceptors (Lipinski definition) is 4. The Labute approximate surface area is 120 Å². The average molecular weight is 296 g/mol. The minimum Gasteiger partial charge on any atom is -0.386 e. The Kier molecular flexibility index (Phi) is 4.95. The molecule has 2 rings (SSSR count). The van der Waals surface area contributed by atoms with Gasteiger partial charge in [0.05, 0.1) is 13.1 Å². The van der Waals surface area contributed by atoms with Gasteiger partial charge in [-0.25, -0.2) is 4.79 Å². The van der Waals surface area contributed by atoms with Gasteiger partial charge in [0.1, 0.15) is 6.10 Å². The molecule has 2 aromatic rings. The van der Waals surface area contributed by atoms with Crippen LogP contribution in [0.3, 0.4) is 0 Å². The van der Waals surface area contributed by atoms with Crippen LogP contribution in [0.4, 0.5) is 4.79 Å². The van der Waals surface area contributed by atoms with Crippen LogP contribution in [0.1, 0.15) is 21.4 Å². The molecule has 0 spiro atoms. The van der Waals surface area contributed by atoms with Gasteiger partial charge in [-0.1, -0.05) is 6.07 Å². The Morgan fingerprint density at radius 2 is 2.16 bits per heavy atom. The summed E-state index contributed by atoms with van der Waals surface area (Å²) in [5.41, 5.74) is 1.05. The molecule has 2 aromatic heterocycles. The predicted molar refractivity (Wildman–Crippen MR) is 78.6 cm³/mol. The van der Waals surface area contributed by atoms with Gasteiger partial charge in [0.2, 0.25) is 0 Å². The van der Waals surface area contributed by atoms with E-state index >= 15 is 0 Å². The maximum atomic E-state index is 11.6. The molecule has 0 aliphatic heterocycles. The average Bonchev–Trinajstić information content (AvgIpc) is 3.04. The molecule has 102 valence electrons. The molecular weight excluding hydrogens is 280 g/mol. The van der Waals surface area contributed by atoms with Crippen LogP contribution in [-0.4, -0.2) is 17.7 Å². The summed E-state index contributed by atoms with van der Waals surface area (Å²) in [5, 5.41) is 19.3. The molecule has 0 fully saturated rings. The van der Waals surface area contributed by atoms with Gasteiger partial charge in [-0.05, 0) is 35.4 Å². The molecule has 0 aromatic carbocycles. The summed E-state index contributed by atoms with van der Waals surface area (Å²) >= 11 is 3.10. The quantitative estimate of drug-likeness (QED) is 0.794. The van der Waals surface area contributed by atoms with Crippen molar-refractivity contribution >= 4 is 28.7 Å². The molecule has 0 saturated heterocycles. The molecule has 19 heavy (non-hydrogen) atoms. The maximum absolute atomic E-state index is 11.6. The van der Waals surface area contributed by atoms with Crippen LogP contribution in [0.5, 0.6) is 0 Å². The van der Waals surface area contributed by atoms with Crippen LogP contribution in [0.25, 0.3) is 0 Å².